The number of para-hydroxylation sites is 1. The predicted molar refractivity (Wildman–Crippen MR) is 68.3 cm³/mol. The van der Waals surface area contributed by atoms with Crippen LogP contribution in [-0.4, -0.2) is 16.0 Å². The van der Waals surface area contributed by atoms with Crippen molar-refractivity contribution < 1.29 is 19.2 Å². The normalized spacial score (nSPS) is 10.3. The molecule has 1 heterocycles. The standard InChI is InChI=1S/C12H9NO5S/c14-12(15)10-5-6-11(18-10)19-7-8-3-1-2-4-9(8)13(16)17/h1-6H,7H2,(H,14,15). The first-order valence-corrected chi connectivity index (χ1v) is 6.24. The minimum atomic E-state index is -1.14. The van der Waals surface area contributed by atoms with Crippen molar-refractivity contribution in [3.05, 3.63) is 57.8 Å². The molecule has 98 valence electrons. The summed E-state index contributed by atoms with van der Waals surface area (Å²) in [7, 11) is 0. The lowest BCUT2D eigenvalue weighted by Crippen LogP contribution is -1.93. The smallest absolute Gasteiger partial charge is 0.371 e. The third kappa shape index (κ3) is 3.14. The van der Waals surface area contributed by atoms with Gasteiger partial charge in [0.1, 0.15) is 0 Å². The van der Waals surface area contributed by atoms with Gasteiger partial charge in [-0.2, -0.15) is 0 Å². The average molecular weight is 279 g/mol. The monoisotopic (exact) mass is 279 g/mol. The number of thioether (sulfide) groups is 1. The van der Waals surface area contributed by atoms with E-state index in [9.17, 15) is 14.9 Å². The van der Waals surface area contributed by atoms with Crippen LogP contribution in [0.2, 0.25) is 0 Å². The van der Waals surface area contributed by atoms with Crippen molar-refractivity contribution in [2.45, 2.75) is 10.8 Å². The minimum Gasteiger partial charge on any atom is -0.475 e. The lowest BCUT2D eigenvalue weighted by atomic mass is 10.2. The molecule has 0 bridgehead atoms. The molecular weight excluding hydrogens is 270 g/mol. The van der Waals surface area contributed by atoms with Crippen molar-refractivity contribution >= 4 is 23.4 Å². The summed E-state index contributed by atoms with van der Waals surface area (Å²) in [6, 6.07) is 9.29. The summed E-state index contributed by atoms with van der Waals surface area (Å²) in [5.74, 6) is -0.952. The van der Waals surface area contributed by atoms with Gasteiger partial charge in [0.15, 0.2) is 5.09 Å². The van der Waals surface area contributed by atoms with E-state index in [1.165, 1.54) is 30.0 Å². The summed E-state index contributed by atoms with van der Waals surface area (Å²) < 4.78 is 5.06. The van der Waals surface area contributed by atoms with Crippen molar-refractivity contribution in [1.82, 2.24) is 0 Å². The molecule has 0 radical (unpaired) electrons. The number of nitro benzene ring substituents is 1. The molecule has 2 aromatic rings. The zero-order valence-corrected chi connectivity index (χ0v) is 10.4. The molecule has 19 heavy (non-hydrogen) atoms. The van der Waals surface area contributed by atoms with E-state index < -0.39 is 10.9 Å². The number of benzene rings is 1. The number of rotatable bonds is 5. The maximum Gasteiger partial charge on any atom is 0.371 e. The van der Waals surface area contributed by atoms with E-state index in [1.54, 1.807) is 18.2 Å². The third-order valence-electron chi connectivity index (χ3n) is 2.35. The molecule has 2 rings (SSSR count). The van der Waals surface area contributed by atoms with Crippen molar-refractivity contribution in [2.75, 3.05) is 0 Å². The summed E-state index contributed by atoms with van der Waals surface area (Å²) in [5.41, 5.74) is 0.603. The van der Waals surface area contributed by atoms with E-state index in [0.29, 0.717) is 16.4 Å². The van der Waals surface area contributed by atoms with Crippen LogP contribution in [0.1, 0.15) is 16.1 Å². The zero-order chi connectivity index (χ0) is 13.8. The Morgan fingerprint density at radius 2 is 2.05 bits per heavy atom. The van der Waals surface area contributed by atoms with E-state index in [0.717, 1.165) is 0 Å². The Bertz CT molecular complexity index is 622. The molecule has 0 spiro atoms. The van der Waals surface area contributed by atoms with Gasteiger partial charge in [-0.3, -0.25) is 10.1 Å². The Kier molecular flexibility index (Phi) is 3.86. The molecule has 0 saturated heterocycles. The van der Waals surface area contributed by atoms with Gasteiger partial charge in [0.25, 0.3) is 5.69 Å². The molecule has 0 amide bonds. The molecule has 0 aliphatic carbocycles. The van der Waals surface area contributed by atoms with Gasteiger partial charge in [-0.05, 0) is 12.1 Å². The summed E-state index contributed by atoms with van der Waals surface area (Å²) >= 11 is 1.21. The molecular formula is C12H9NO5S. The number of aromatic carboxylic acids is 1. The van der Waals surface area contributed by atoms with Gasteiger partial charge in [-0.1, -0.05) is 30.0 Å². The van der Waals surface area contributed by atoms with Crippen LogP contribution in [0.3, 0.4) is 0 Å². The van der Waals surface area contributed by atoms with E-state index in [-0.39, 0.29) is 11.4 Å². The molecule has 0 aliphatic heterocycles. The summed E-state index contributed by atoms with van der Waals surface area (Å²) in [4.78, 5) is 21.0. The van der Waals surface area contributed by atoms with E-state index in [4.69, 9.17) is 9.52 Å². The van der Waals surface area contributed by atoms with Crippen LogP contribution in [0, 0.1) is 10.1 Å². The highest BCUT2D eigenvalue weighted by Gasteiger charge is 2.14. The molecule has 6 nitrogen and oxygen atoms in total. The first-order chi connectivity index (χ1) is 9.08. The molecule has 1 N–H and O–H groups in total. The van der Waals surface area contributed by atoms with Crippen molar-refractivity contribution in [3.63, 3.8) is 0 Å². The second kappa shape index (κ2) is 5.57. The molecule has 7 heteroatoms. The first-order valence-electron chi connectivity index (χ1n) is 5.26. The second-order valence-corrected chi connectivity index (χ2v) is 4.58. The van der Waals surface area contributed by atoms with Crippen LogP contribution in [0.4, 0.5) is 5.69 Å². The number of carboxylic acids is 1. The largest absolute Gasteiger partial charge is 0.475 e. The molecule has 0 atom stereocenters. The number of nitrogens with zero attached hydrogens (tertiary/aromatic N) is 1. The summed E-state index contributed by atoms with van der Waals surface area (Å²) in [6.07, 6.45) is 0. The van der Waals surface area contributed by atoms with Crippen LogP contribution in [-0.2, 0) is 5.75 Å². The fraction of sp³-hybridized carbons (Fsp3) is 0.0833. The van der Waals surface area contributed by atoms with E-state index in [2.05, 4.69) is 0 Å². The van der Waals surface area contributed by atoms with Crippen LogP contribution in [0.25, 0.3) is 0 Å². The fourth-order valence-electron chi connectivity index (χ4n) is 1.47. The van der Waals surface area contributed by atoms with Crippen molar-refractivity contribution in [3.8, 4) is 0 Å². The maximum atomic E-state index is 10.8. The van der Waals surface area contributed by atoms with Gasteiger partial charge < -0.3 is 9.52 Å². The molecule has 1 aromatic carbocycles. The number of nitro groups is 1. The second-order valence-electron chi connectivity index (χ2n) is 3.60. The SMILES string of the molecule is O=C(O)c1ccc(SCc2ccccc2[N+](=O)[O-])o1. The lowest BCUT2D eigenvalue weighted by molar-refractivity contribution is -0.385. The Morgan fingerprint density at radius 3 is 2.68 bits per heavy atom. The Hall–Kier alpha value is -2.28. The number of carboxylic acid groups (broad SMARTS) is 1. The Labute approximate surface area is 112 Å². The Balaban J connectivity index is 2.10. The molecule has 0 aliphatic rings. The lowest BCUT2D eigenvalue weighted by Gasteiger charge is -2.00. The molecule has 0 saturated carbocycles. The highest BCUT2D eigenvalue weighted by Crippen LogP contribution is 2.28. The number of hydrogen-bond acceptors (Lipinski definition) is 5. The average Bonchev–Trinajstić information content (AvgIpc) is 2.85. The quantitative estimate of drug-likeness (QED) is 0.513. The summed E-state index contributed by atoms with van der Waals surface area (Å²) in [5, 5.41) is 19.9. The molecule has 0 fully saturated rings. The highest BCUT2D eigenvalue weighted by atomic mass is 32.2. The number of hydrogen-bond donors (Lipinski definition) is 1. The fourth-order valence-corrected chi connectivity index (χ4v) is 2.33. The van der Waals surface area contributed by atoms with Crippen LogP contribution < -0.4 is 0 Å². The van der Waals surface area contributed by atoms with Gasteiger partial charge in [-0.25, -0.2) is 4.79 Å². The number of carbonyl (C=O) groups is 1. The van der Waals surface area contributed by atoms with Gasteiger partial charge in [-0.15, -0.1) is 0 Å². The maximum absolute atomic E-state index is 10.8. The van der Waals surface area contributed by atoms with Crippen molar-refractivity contribution in [2.24, 2.45) is 0 Å². The van der Waals surface area contributed by atoms with Crippen LogP contribution in [0.5, 0.6) is 0 Å². The van der Waals surface area contributed by atoms with Gasteiger partial charge in [0.2, 0.25) is 5.76 Å². The van der Waals surface area contributed by atoms with Gasteiger partial charge in [0.05, 0.1) is 4.92 Å². The third-order valence-corrected chi connectivity index (χ3v) is 3.31. The molecule has 1 aromatic heterocycles. The predicted octanol–water partition coefficient (Wildman–Crippen LogP) is 3.18. The van der Waals surface area contributed by atoms with E-state index >= 15 is 0 Å². The van der Waals surface area contributed by atoms with Gasteiger partial charge >= 0.3 is 5.97 Å². The Morgan fingerprint density at radius 1 is 1.32 bits per heavy atom. The topological polar surface area (TPSA) is 93.6 Å². The first kappa shape index (κ1) is 13.2. The summed E-state index contributed by atoms with van der Waals surface area (Å²) in [6.45, 7) is 0. The van der Waals surface area contributed by atoms with E-state index in [1.807, 2.05) is 0 Å². The van der Waals surface area contributed by atoms with Crippen LogP contribution >= 0.6 is 11.8 Å². The highest BCUT2D eigenvalue weighted by molar-refractivity contribution is 7.98. The van der Waals surface area contributed by atoms with Crippen LogP contribution in [0.15, 0.2) is 45.9 Å². The zero-order valence-electron chi connectivity index (χ0n) is 9.61. The number of furan rings is 1. The minimum absolute atomic E-state index is 0.0417. The van der Waals surface area contributed by atoms with Crippen molar-refractivity contribution in [1.29, 1.82) is 0 Å². The van der Waals surface area contributed by atoms with Gasteiger partial charge in [0, 0.05) is 17.4 Å². The molecule has 0 unspecified atom stereocenters.